The van der Waals surface area contributed by atoms with Gasteiger partial charge < -0.3 is 19.1 Å². The van der Waals surface area contributed by atoms with Crippen LogP contribution in [-0.4, -0.2) is 89.8 Å². The van der Waals surface area contributed by atoms with Crippen molar-refractivity contribution in [1.82, 2.24) is 19.9 Å². The fourth-order valence-corrected chi connectivity index (χ4v) is 8.34. The number of hydrogen-bond donors (Lipinski definition) is 0. The molecule has 242 valence electrons. The van der Waals surface area contributed by atoms with E-state index in [4.69, 9.17) is 29.2 Å². The molecular formula is C35H39F2N5O3S. The van der Waals surface area contributed by atoms with Crippen molar-refractivity contribution in [3.63, 3.8) is 0 Å². The van der Waals surface area contributed by atoms with Crippen molar-refractivity contribution in [2.24, 2.45) is 0 Å². The van der Waals surface area contributed by atoms with Gasteiger partial charge in [0.15, 0.2) is 6.79 Å². The lowest BCUT2D eigenvalue weighted by Gasteiger charge is -2.31. The van der Waals surface area contributed by atoms with Crippen molar-refractivity contribution in [3.8, 4) is 23.0 Å². The second-order valence-corrected chi connectivity index (χ2v) is 13.5. The summed E-state index contributed by atoms with van der Waals surface area (Å²) in [6, 6.07) is 7.28. The molecule has 2 aromatic carbocycles. The number of nitrogens with zero attached hydrogens (tertiary/aromatic N) is 5. The molecule has 0 saturated carbocycles. The molecule has 0 N–H and O–H groups in total. The van der Waals surface area contributed by atoms with Crippen molar-refractivity contribution in [1.29, 1.82) is 0 Å². The molecule has 7 rings (SSSR count). The lowest BCUT2D eigenvalue weighted by molar-refractivity contribution is 0.0512. The third kappa shape index (κ3) is 5.56. The summed E-state index contributed by atoms with van der Waals surface area (Å²) in [4.78, 5) is 19.4. The van der Waals surface area contributed by atoms with Gasteiger partial charge in [-0.15, -0.1) is 0 Å². The van der Waals surface area contributed by atoms with Crippen LogP contribution in [0.2, 0.25) is 0 Å². The molecule has 0 aliphatic carbocycles. The van der Waals surface area contributed by atoms with Crippen molar-refractivity contribution >= 4 is 45.3 Å². The van der Waals surface area contributed by atoms with Crippen LogP contribution in [0.5, 0.6) is 11.8 Å². The van der Waals surface area contributed by atoms with Gasteiger partial charge in [-0.25, -0.2) is 8.78 Å². The molecule has 2 aromatic heterocycles. The number of fused-ring (bicyclic) bond motifs is 3. The fraction of sp³-hybridized carbons (Fsp3) is 0.457. The number of anilines is 1. The minimum Gasteiger partial charge on any atom is -0.468 e. The van der Waals surface area contributed by atoms with Crippen molar-refractivity contribution in [2.45, 2.75) is 44.3 Å². The predicted octanol–water partition coefficient (Wildman–Crippen LogP) is 6.68. The van der Waals surface area contributed by atoms with Gasteiger partial charge in [0.25, 0.3) is 0 Å². The zero-order valence-electron chi connectivity index (χ0n) is 26.4. The highest BCUT2D eigenvalue weighted by Gasteiger charge is 2.49. The smallest absolute Gasteiger partial charge is 0.319 e. The molecule has 5 heterocycles. The summed E-state index contributed by atoms with van der Waals surface area (Å²) in [5.74, 6) is 3.05. The van der Waals surface area contributed by atoms with Gasteiger partial charge in [-0.05, 0) is 60.3 Å². The number of hydrogen-bond acceptors (Lipinski definition) is 9. The first-order valence-corrected chi connectivity index (χ1v) is 17.1. The normalized spacial score (nSPS) is 21.7. The van der Waals surface area contributed by atoms with E-state index in [9.17, 15) is 4.39 Å². The first kappa shape index (κ1) is 31.1. The Hall–Kier alpha value is -3.54. The maximum absolute atomic E-state index is 15.2. The maximum atomic E-state index is 15.2. The summed E-state index contributed by atoms with van der Waals surface area (Å²) < 4.78 is 47.2. The molecule has 8 nitrogen and oxygen atoms in total. The van der Waals surface area contributed by atoms with Gasteiger partial charge >= 0.3 is 6.01 Å². The molecule has 46 heavy (non-hydrogen) atoms. The van der Waals surface area contributed by atoms with E-state index in [0.717, 1.165) is 66.0 Å². The number of ether oxygens (including phenoxy) is 3. The van der Waals surface area contributed by atoms with Crippen molar-refractivity contribution in [2.75, 3.05) is 63.1 Å². The Bertz CT molecular complexity index is 1790. The van der Waals surface area contributed by atoms with Crippen LogP contribution >= 0.6 is 11.8 Å². The number of pyridine rings is 1. The summed E-state index contributed by atoms with van der Waals surface area (Å²) in [6.45, 7) is 9.54. The van der Waals surface area contributed by atoms with Gasteiger partial charge in [0.2, 0.25) is 0 Å². The molecular weight excluding hydrogens is 608 g/mol. The van der Waals surface area contributed by atoms with Gasteiger partial charge in [-0.2, -0.15) is 21.7 Å². The Morgan fingerprint density at radius 1 is 1.15 bits per heavy atom. The van der Waals surface area contributed by atoms with E-state index in [1.54, 1.807) is 25.4 Å². The summed E-state index contributed by atoms with van der Waals surface area (Å²) in [5.41, 5.74) is 2.95. The van der Waals surface area contributed by atoms with E-state index in [1.165, 1.54) is 6.07 Å². The Kier molecular flexibility index (Phi) is 8.73. The minimum absolute atomic E-state index is 0.0692. The lowest BCUT2D eigenvalue weighted by atomic mass is 9.92. The first-order chi connectivity index (χ1) is 22.4. The quantitative estimate of drug-likeness (QED) is 0.175. The number of aromatic nitrogens is 3. The van der Waals surface area contributed by atoms with Gasteiger partial charge in [-0.3, -0.25) is 9.88 Å². The molecule has 4 aromatic rings. The summed E-state index contributed by atoms with van der Waals surface area (Å²) >= 11 is 1.92. The zero-order chi connectivity index (χ0) is 31.8. The molecule has 0 amide bonds. The van der Waals surface area contributed by atoms with E-state index >= 15 is 4.39 Å². The Labute approximate surface area is 272 Å². The second-order valence-electron chi connectivity index (χ2n) is 12.3. The molecule has 1 unspecified atom stereocenters. The summed E-state index contributed by atoms with van der Waals surface area (Å²) in [7, 11) is 1.57. The third-order valence-corrected chi connectivity index (χ3v) is 10.5. The molecule has 0 bridgehead atoms. The molecule has 11 heteroatoms. The molecule has 3 aliphatic heterocycles. The van der Waals surface area contributed by atoms with E-state index in [1.807, 2.05) is 30.8 Å². The molecule has 0 radical (unpaired) electrons. The highest BCUT2D eigenvalue weighted by Crippen LogP contribution is 2.42. The standard InChI is InChI=1S/C35H39F2N5O3S/c1-4-25-29(37)8-7-22-15-24(45-21-43-3)16-27(30(22)25)31-26(5-2)32-28(18-38-31)33(41-11-13-46-14-12-41)40-34(39-32)44-20-35-9-6-10-42(35)19-23(36)17-35/h5,7-8,15-16,18,23H,2,4,6,9-14,17,19-21H2,1,3H3/t23?,35-/m0/s1. The van der Waals surface area contributed by atoms with E-state index in [-0.39, 0.29) is 24.2 Å². The molecule has 3 fully saturated rings. The van der Waals surface area contributed by atoms with E-state index < -0.39 is 6.17 Å². The predicted molar refractivity (Wildman–Crippen MR) is 180 cm³/mol. The summed E-state index contributed by atoms with van der Waals surface area (Å²) in [5, 5.41) is 2.39. The van der Waals surface area contributed by atoms with Crippen LogP contribution in [0.1, 0.15) is 37.3 Å². The van der Waals surface area contributed by atoms with Crippen LogP contribution in [0.4, 0.5) is 14.6 Å². The number of benzene rings is 2. The van der Waals surface area contributed by atoms with Crippen LogP contribution in [0, 0.1) is 5.82 Å². The van der Waals surface area contributed by atoms with Crippen LogP contribution in [0.3, 0.4) is 0 Å². The Morgan fingerprint density at radius 3 is 2.78 bits per heavy atom. The number of methoxy groups -OCH3 is 1. The van der Waals surface area contributed by atoms with E-state index in [2.05, 4.69) is 16.4 Å². The topological polar surface area (TPSA) is 72.8 Å². The Balaban J connectivity index is 1.40. The highest BCUT2D eigenvalue weighted by molar-refractivity contribution is 7.99. The van der Waals surface area contributed by atoms with Crippen LogP contribution < -0.4 is 14.4 Å². The van der Waals surface area contributed by atoms with E-state index in [0.29, 0.717) is 59.6 Å². The number of rotatable bonds is 10. The average molecular weight is 648 g/mol. The number of thioether (sulfide) groups is 1. The molecule has 3 saturated heterocycles. The Morgan fingerprint density at radius 2 is 2.00 bits per heavy atom. The van der Waals surface area contributed by atoms with Crippen LogP contribution in [0.15, 0.2) is 37.0 Å². The number of halogens is 2. The van der Waals surface area contributed by atoms with Crippen LogP contribution in [-0.2, 0) is 11.2 Å². The summed E-state index contributed by atoms with van der Waals surface area (Å²) in [6.07, 6.45) is 5.60. The van der Waals surface area contributed by atoms with Gasteiger partial charge in [0.05, 0.1) is 22.1 Å². The highest BCUT2D eigenvalue weighted by atomic mass is 32.2. The number of alkyl halides is 1. The minimum atomic E-state index is -0.847. The maximum Gasteiger partial charge on any atom is 0.319 e. The third-order valence-electron chi connectivity index (χ3n) is 9.58. The van der Waals surface area contributed by atoms with Crippen molar-refractivity contribution in [3.05, 3.63) is 54.0 Å². The molecule has 2 atom stereocenters. The van der Waals surface area contributed by atoms with Crippen LogP contribution in [0.25, 0.3) is 39.0 Å². The van der Waals surface area contributed by atoms with Gasteiger partial charge in [0.1, 0.15) is 30.2 Å². The second kappa shape index (κ2) is 12.9. The largest absolute Gasteiger partial charge is 0.468 e. The lowest BCUT2D eigenvalue weighted by Crippen LogP contribution is -2.43. The first-order valence-electron chi connectivity index (χ1n) is 16.0. The van der Waals surface area contributed by atoms with Crippen molar-refractivity contribution < 1.29 is 23.0 Å². The average Bonchev–Trinajstić information content (AvgIpc) is 3.61. The molecule has 0 spiro atoms. The van der Waals surface area contributed by atoms with Gasteiger partial charge in [0, 0.05) is 62.0 Å². The monoisotopic (exact) mass is 647 g/mol. The van der Waals surface area contributed by atoms with Gasteiger partial charge in [-0.1, -0.05) is 25.6 Å². The SMILES string of the molecule is C=Cc1c(-c2cc(OCOC)cc3ccc(F)c(CC)c23)ncc2c(N3CCSCC3)nc(OC[C@@]34CCCN3CC(F)C4)nc12. The number of aryl methyl sites for hydroxylation is 1. The zero-order valence-corrected chi connectivity index (χ0v) is 27.2. The molecule has 3 aliphatic rings. The fourth-order valence-electron chi connectivity index (χ4n) is 7.44.